The molecule has 0 fully saturated rings. The van der Waals surface area contributed by atoms with Crippen LogP contribution in [-0.4, -0.2) is 31.1 Å². The molecule has 0 saturated carbocycles. The van der Waals surface area contributed by atoms with Crippen LogP contribution in [0.2, 0.25) is 0 Å². The lowest BCUT2D eigenvalue weighted by molar-refractivity contribution is 0.202. The molecule has 0 aliphatic heterocycles. The molecule has 2 rings (SSSR count). The number of fused-ring (bicyclic) bond motifs is 1. The van der Waals surface area contributed by atoms with Gasteiger partial charge in [-0.15, -0.1) is 6.42 Å². The van der Waals surface area contributed by atoms with E-state index in [1.807, 2.05) is 0 Å². The molecular formula is C18H25NO. The van der Waals surface area contributed by atoms with Crippen molar-refractivity contribution in [1.29, 1.82) is 0 Å². The third kappa shape index (κ3) is 2.99. The van der Waals surface area contributed by atoms with Gasteiger partial charge < -0.3 is 4.74 Å². The molecule has 0 amide bonds. The van der Waals surface area contributed by atoms with Crippen molar-refractivity contribution in [2.75, 3.05) is 20.2 Å². The number of nitrogens with zero attached hydrogens (tertiary/aromatic N) is 1. The molecular weight excluding hydrogens is 246 g/mol. The molecule has 1 aromatic rings. The SMILES string of the molecule is C#Cc1cc2c(cc1OC)CC(N(CCC)CCC)C2. The first-order chi connectivity index (χ1) is 9.73. The molecule has 0 radical (unpaired) electrons. The Kier molecular flexibility index (Phi) is 5.09. The third-order valence-electron chi connectivity index (χ3n) is 4.13. The van der Waals surface area contributed by atoms with E-state index in [1.54, 1.807) is 7.11 Å². The van der Waals surface area contributed by atoms with E-state index >= 15 is 0 Å². The number of hydrogen-bond acceptors (Lipinski definition) is 2. The van der Waals surface area contributed by atoms with Gasteiger partial charge in [-0.1, -0.05) is 19.8 Å². The van der Waals surface area contributed by atoms with Crippen molar-refractivity contribution in [2.24, 2.45) is 0 Å². The fraction of sp³-hybridized carbons (Fsp3) is 0.556. The highest BCUT2D eigenvalue weighted by atomic mass is 16.5. The Morgan fingerprint density at radius 1 is 1.20 bits per heavy atom. The molecule has 0 bridgehead atoms. The second kappa shape index (κ2) is 6.81. The number of hydrogen-bond donors (Lipinski definition) is 0. The molecule has 1 aromatic carbocycles. The molecule has 1 aliphatic carbocycles. The van der Waals surface area contributed by atoms with Crippen LogP contribution in [-0.2, 0) is 12.8 Å². The minimum absolute atomic E-state index is 0.627. The largest absolute Gasteiger partial charge is 0.495 e. The van der Waals surface area contributed by atoms with E-state index in [2.05, 4.69) is 36.8 Å². The minimum Gasteiger partial charge on any atom is -0.495 e. The van der Waals surface area contributed by atoms with E-state index < -0.39 is 0 Å². The van der Waals surface area contributed by atoms with E-state index in [-0.39, 0.29) is 0 Å². The molecule has 0 saturated heterocycles. The zero-order chi connectivity index (χ0) is 14.5. The number of terminal acetylenes is 1. The van der Waals surface area contributed by atoms with Gasteiger partial charge in [-0.05, 0) is 62.0 Å². The van der Waals surface area contributed by atoms with Crippen LogP contribution in [0.3, 0.4) is 0 Å². The molecule has 1 atom stereocenters. The highest BCUT2D eigenvalue weighted by Gasteiger charge is 2.27. The highest BCUT2D eigenvalue weighted by Crippen LogP contribution is 2.31. The van der Waals surface area contributed by atoms with Crippen LogP contribution in [0.1, 0.15) is 43.4 Å². The molecule has 20 heavy (non-hydrogen) atoms. The minimum atomic E-state index is 0.627. The van der Waals surface area contributed by atoms with Gasteiger partial charge in [-0.25, -0.2) is 0 Å². The Balaban J connectivity index is 2.20. The van der Waals surface area contributed by atoms with Crippen LogP contribution >= 0.6 is 0 Å². The predicted octanol–water partition coefficient (Wildman–Crippen LogP) is 3.27. The topological polar surface area (TPSA) is 12.5 Å². The number of rotatable bonds is 6. The molecule has 1 aliphatic rings. The summed E-state index contributed by atoms with van der Waals surface area (Å²) in [6.45, 7) is 6.88. The van der Waals surface area contributed by atoms with Gasteiger partial charge in [0.15, 0.2) is 0 Å². The predicted molar refractivity (Wildman–Crippen MR) is 84.3 cm³/mol. The second-order valence-electron chi connectivity index (χ2n) is 5.56. The van der Waals surface area contributed by atoms with Gasteiger partial charge in [0.1, 0.15) is 5.75 Å². The van der Waals surface area contributed by atoms with Crippen LogP contribution in [0.4, 0.5) is 0 Å². The zero-order valence-electron chi connectivity index (χ0n) is 12.9. The number of methoxy groups -OCH3 is 1. The smallest absolute Gasteiger partial charge is 0.134 e. The lowest BCUT2D eigenvalue weighted by atomic mass is 10.1. The summed E-state index contributed by atoms with van der Waals surface area (Å²) in [5.74, 6) is 3.57. The van der Waals surface area contributed by atoms with Gasteiger partial charge in [-0.3, -0.25) is 4.90 Å². The molecule has 2 heteroatoms. The normalized spacial score (nSPS) is 17.1. The maximum absolute atomic E-state index is 5.57. The second-order valence-corrected chi connectivity index (χ2v) is 5.56. The summed E-state index contributed by atoms with van der Waals surface area (Å²) in [6.07, 6.45) is 10.2. The van der Waals surface area contributed by atoms with Gasteiger partial charge in [0.05, 0.1) is 12.7 Å². The maximum Gasteiger partial charge on any atom is 0.134 e. The van der Waals surface area contributed by atoms with E-state index in [4.69, 9.17) is 11.2 Å². The van der Waals surface area contributed by atoms with Gasteiger partial charge >= 0.3 is 0 Å². The summed E-state index contributed by atoms with van der Waals surface area (Å²) in [4.78, 5) is 2.63. The van der Waals surface area contributed by atoms with Crippen LogP contribution in [0.5, 0.6) is 5.75 Å². The van der Waals surface area contributed by atoms with Crippen LogP contribution in [0.25, 0.3) is 0 Å². The van der Waals surface area contributed by atoms with Crippen molar-refractivity contribution in [2.45, 2.75) is 45.6 Å². The molecule has 0 aromatic heterocycles. The molecule has 108 valence electrons. The van der Waals surface area contributed by atoms with Crippen LogP contribution in [0, 0.1) is 12.3 Å². The Labute approximate surface area is 123 Å². The van der Waals surface area contributed by atoms with Gasteiger partial charge in [-0.2, -0.15) is 0 Å². The fourth-order valence-electron chi connectivity index (χ4n) is 3.22. The summed E-state index contributed by atoms with van der Waals surface area (Å²) in [5.41, 5.74) is 3.69. The summed E-state index contributed by atoms with van der Waals surface area (Å²) >= 11 is 0. The van der Waals surface area contributed by atoms with Crippen molar-refractivity contribution in [3.05, 3.63) is 28.8 Å². The van der Waals surface area contributed by atoms with E-state index in [0.29, 0.717) is 6.04 Å². The third-order valence-corrected chi connectivity index (χ3v) is 4.13. The molecule has 2 nitrogen and oxygen atoms in total. The molecule has 0 heterocycles. The summed E-state index contributed by atoms with van der Waals surface area (Å²) in [5, 5.41) is 0. The van der Waals surface area contributed by atoms with Crippen molar-refractivity contribution >= 4 is 0 Å². The summed E-state index contributed by atoms with van der Waals surface area (Å²) in [7, 11) is 1.69. The Bertz CT molecular complexity index is 495. The molecule has 1 unspecified atom stereocenters. The maximum atomic E-state index is 5.57. The summed E-state index contributed by atoms with van der Waals surface area (Å²) < 4.78 is 5.40. The molecule has 0 spiro atoms. The Hall–Kier alpha value is -1.46. The quantitative estimate of drug-likeness (QED) is 0.736. The van der Waals surface area contributed by atoms with Crippen molar-refractivity contribution in [3.63, 3.8) is 0 Å². The lowest BCUT2D eigenvalue weighted by Gasteiger charge is -2.27. The van der Waals surface area contributed by atoms with E-state index in [0.717, 1.165) is 24.2 Å². The molecule has 0 N–H and O–H groups in total. The average Bonchev–Trinajstić information content (AvgIpc) is 2.88. The first-order valence-corrected chi connectivity index (χ1v) is 7.63. The lowest BCUT2D eigenvalue weighted by Crippen LogP contribution is -2.37. The monoisotopic (exact) mass is 271 g/mol. The van der Waals surface area contributed by atoms with Gasteiger partial charge in [0.25, 0.3) is 0 Å². The zero-order valence-corrected chi connectivity index (χ0v) is 12.9. The van der Waals surface area contributed by atoms with Crippen molar-refractivity contribution in [3.8, 4) is 18.1 Å². The fourth-order valence-corrected chi connectivity index (χ4v) is 3.22. The summed E-state index contributed by atoms with van der Waals surface area (Å²) in [6, 6.07) is 4.91. The van der Waals surface area contributed by atoms with Crippen molar-refractivity contribution < 1.29 is 4.74 Å². The van der Waals surface area contributed by atoms with Gasteiger partial charge in [0, 0.05) is 6.04 Å². The Morgan fingerprint density at radius 2 is 1.80 bits per heavy atom. The van der Waals surface area contributed by atoms with E-state index in [9.17, 15) is 0 Å². The van der Waals surface area contributed by atoms with Crippen LogP contribution in [0.15, 0.2) is 12.1 Å². The standard InChI is InChI=1S/C18H25NO/c1-5-8-19(9-6-2)17-11-15-10-14(7-3)18(20-4)13-16(15)12-17/h3,10,13,17H,5-6,8-9,11-12H2,1-2,4H3. The van der Waals surface area contributed by atoms with Gasteiger partial charge in [0.2, 0.25) is 0 Å². The highest BCUT2D eigenvalue weighted by molar-refractivity contribution is 5.52. The van der Waals surface area contributed by atoms with Crippen LogP contribution < -0.4 is 4.74 Å². The number of benzene rings is 1. The van der Waals surface area contributed by atoms with E-state index in [1.165, 1.54) is 37.1 Å². The first kappa shape index (κ1) is 14.9. The van der Waals surface area contributed by atoms with Crippen molar-refractivity contribution in [1.82, 2.24) is 4.90 Å². The average molecular weight is 271 g/mol. The first-order valence-electron chi connectivity index (χ1n) is 7.63. The Morgan fingerprint density at radius 3 is 2.30 bits per heavy atom. The number of ether oxygens (including phenoxy) is 1.